The summed E-state index contributed by atoms with van der Waals surface area (Å²) in [5, 5.41) is 12.0. The Morgan fingerprint density at radius 3 is 2.70 bits per heavy atom. The van der Waals surface area contributed by atoms with Crippen molar-refractivity contribution >= 4 is 35.0 Å². The van der Waals surface area contributed by atoms with Crippen molar-refractivity contribution in [3.05, 3.63) is 63.9 Å². The summed E-state index contributed by atoms with van der Waals surface area (Å²) in [4.78, 5) is 13.3. The van der Waals surface area contributed by atoms with Gasteiger partial charge in [0.05, 0.1) is 18.2 Å². The fraction of sp³-hybridized carbons (Fsp3) is 0.286. The van der Waals surface area contributed by atoms with Crippen molar-refractivity contribution in [2.24, 2.45) is 0 Å². The Morgan fingerprint density at radius 1 is 1.20 bits per heavy atom. The van der Waals surface area contributed by atoms with Gasteiger partial charge in [-0.05, 0) is 50.1 Å². The highest BCUT2D eigenvalue weighted by Crippen LogP contribution is 2.39. The van der Waals surface area contributed by atoms with Crippen LogP contribution in [-0.4, -0.2) is 33.1 Å². The first-order chi connectivity index (χ1) is 14.4. The molecule has 7 nitrogen and oxygen atoms in total. The molecule has 2 atom stereocenters. The highest BCUT2D eigenvalue weighted by molar-refractivity contribution is 8.00. The number of anilines is 1. The quantitative estimate of drug-likeness (QED) is 0.627. The summed E-state index contributed by atoms with van der Waals surface area (Å²) < 4.78 is 7.06. The lowest BCUT2D eigenvalue weighted by atomic mass is 10.0. The number of hydrogen-bond acceptors (Lipinski definition) is 6. The van der Waals surface area contributed by atoms with Crippen molar-refractivity contribution in [2.45, 2.75) is 37.2 Å². The molecule has 4 rings (SSSR count). The Labute approximate surface area is 184 Å². The van der Waals surface area contributed by atoms with Gasteiger partial charge in [-0.3, -0.25) is 4.79 Å². The zero-order chi connectivity index (χ0) is 21.4. The number of carbonyl (C=O) groups is 1. The molecule has 9 heteroatoms. The van der Waals surface area contributed by atoms with Crippen molar-refractivity contribution in [1.29, 1.82) is 0 Å². The standard InChI is InChI=1S/C21H22ClN5O2S/c1-11-5-7-16(12(2)9-11)23-20(28)19-18(14-6-8-17(29-4)15(22)10-14)26-27-13(3)24-25-21(27)30-19/h5-10,18-19,26H,1-4H3,(H,23,28)/t18-,19+/m0/s1. The number of methoxy groups -OCH3 is 1. The lowest BCUT2D eigenvalue weighted by molar-refractivity contribution is -0.116. The second kappa shape index (κ2) is 8.20. The van der Waals surface area contributed by atoms with Crippen LogP contribution >= 0.6 is 23.4 Å². The van der Waals surface area contributed by atoms with E-state index in [2.05, 4.69) is 20.9 Å². The molecule has 1 aliphatic heterocycles. The molecular weight excluding hydrogens is 422 g/mol. The molecule has 0 saturated carbocycles. The van der Waals surface area contributed by atoms with Gasteiger partial charge in [0.1, 0.15) is 16.8 Å². The van der Waals surface area contributed by atoms with Gasteiger partial charge in [-0.15, -0.1) is 10.2 Å². The zero-order valence-corrected chi connectivity index (χ0v) is 18.6. The molecule has 3 aromatic rings. The van der Waals surface area contributed by atoms with E-state index in [1.165, 1.54) is 11.8 Å². The Morgan fingerprint density at radius 2 is 2.00 bits per heavy atom. The van der Waals surface area contributed by atoms with Gasteiger partial charge in [0.15, 0.2) is 0 Å². The van der Waals surface area contributed by atoms with E-state index in [0.717, 1.165) is 28.2 Å². The van der Waals surface area contributed by atoms with Gasteiger partial charge in [-0.1, -0.05) is 47.1 Å². The van der Waals surface area contributed by atoms with Crippen molar-refractivity contribution in [3.8, 4) is 5.75 Å². The van der Waals surface area contributed by atoms with Gasteiger partial charge < -0.3 is 15.5 Å². The second-order valence-corrected chi connectivity index (χ2v) is 8.73. The fourth-order valence-electron chi connectivity index (χ4n) is 3.44. The number of aromatic nitrogens is 3. The Balaban J connectivity index is 1.69. The molecule has 0 spiro atoms. The maximum absolute atomic E-state index is 13.3. The van der Waals surface area contributed by atoms with E-state index in [0.29, 0.717) is 15.9 Å². The van der Waals surface area contributed by atoms with E-state index in [1.807, 2.05) is 51.1 Å². The first kappa shape index (κ1) is 20.6. The maximum atomic E-state index is 13.3. The molecule has 1 amide bonds. The number of benzene rings is 2. The highest BCUT2D eigenvalue weighted by atomic mass is 35.5. The van der Waals surface area contributed by atoms with Crippen molar-refractivity contribution < 1.29 is 9.53 Å². The zero-order valence-electron chi connectivity index (χ0n) is 17.1. The van der Waals surface area contributed by atoms with E-state index in [-0.39, 0.29) is 11.9 Å². The number of rotatable bonds is 4. The van der Waals surface area contributed by atoms with Gasteiger partial charge in [-0.25, -0.2) is 4.68 Å². The van der Waals surface area contributed by atoms with Crippen LogP contribution in [-0.2, 0) is 4.79 Å². The average molecular weight is 444 g/mol. The van der Waals surface area contributed by atoms with Gasteiger partial charge in [-0.2, -0.15) is 0 Å². The van der Waals surface area contributed by atoms with Gasteiger partial charge in [0, 0.05) is 5.69 Å². The number of nitrogens with one attached hydrogen (secondary N) is 2. The Hall–Kier alpha value is -2.71. The molecule has 156 valence electrons. The predicted octanol–water partition coefficient (Wildman–Crippen LogP) is 4.26. The molecule has 2 heterocycles. The van der Waals surface area contributed by atoms with Crippen LogP contribution in [0.5, 0.6) is 5.75 Å². The third-order valence-electron chi connectivity index (χ3n) is 5.03. The molecule has 0 fully saturated rings. The largest absolute Gasteiger partial charge is 0.495 e. The van der Waals surface area contributed by atoms with Crippen LogP contribution in [0, 0.1) is 20.8 Å². The normalized spacial score (nSPS) is 17.8. The highest BCUT2D eigenvalue weighted by Gasteiger charge is 2.37. The number of aryl methyl sites for hydroxylation is 3. The molecule has 0 bridgehead atoms. The molecule has 30 heavy (non-hydrogen) atoms. The van der Waals surface area contributed by atoms with E-state index in [9.17, 15) is 4.79 Å². The molecule has 0 unspecified atom stereocenters. The first-order valence-electron chi connectivity index (χ1n) is 9.44. The maximum Gasteiger partial charge on any atom is 0.240 e. The predicted molar refractivity (Wildman–Crippen MR) is 119 cm³/mol. The lowest BCUT2D eigenvalue weighted by Gasteiger charge is -2.33. The summed E-state index contributed by atoms with van der Waals surface area (Å²) in [5.41, 5.74) is 7.20. The van der Waals surface area contributed by atoms with Crippen LogP contribution < -0.4 is 15.5 Å². The van der Waals surface area contributed by atoms with Gasteiger partial charge >= 0.3 is 0 Å². The van der Waals surface area contributed by atoms with Crippen LogP contribution in [0.3, 0.4) is 0 Å². The molecule has 0 radical (unpaired) electrons. The molecular formula is C21H22ClN5O2S. The summed E-state index contributed by atoms with van der Waals surface area (Å²) in [7, 11) is 1.57. The Bertz CT molecular complexity index is 1120. The number of thioether (sulfide) groups is 1. The minimum Gasteiger partial charge on any atom is -0.495 e. The molecule has 1 aromatic heterocycles. The average Bonchev–Trinajstić information content (AvgIpc) is 3.09. The lowest BCUT2D eigenvalue weighted by Crippen LogP contribution is -2.41. The van der Waals surface area contributed by atoms with Crippen molar-refractivity contribution in [2.75, 3.05) is 17.9 Å². The third kappa shape index (κ3) is 3.85. The van der Waals surface area contributed by atoms with Gasteiger partial charge in [0.2, 0.25) is 11.1 Å². The molecule has 0 aliphatic carbocycles. The topological polar surface area (TPSA) is 81.1 Å². The first-order valence-corrected chi connectivity index (χ1v) is 10.7. The number of fused-ring (bicyclic) bond motifs is 1. The molecule has 2 N–H and O–H groups in total. The molecule has 0 saturated heterocycles. The summed E-state index contributed by atoms with van der Waals surface area (Å²) >= 11 is 7.73. The number of hydrogen-bond donors (Lipinski definition) is 2. The summed E-state index contributed by atoms with van der Waals surface area (Å²) in [6, 6.07) is 11.1. The van der Waals surface area contributed by atoms with Gasteiger partial charge in [0.25, 0.3) is 0 Å². The monoisotopic (exact) mass is 443 g/mol. The van der Waals surface area contributed by atoms with Crippen LogP contribution in [0.4, 0.5) is 5.69 Å². The number of halogens is 1. The second-order valence-electron chi connectivity index (χ2n) is 7.21. The Kier molecular flexibility index (Phi) is 5.62. The van der Waals surface area contributed by atoms with Crippen LogP contribution in [0.2, 0.25) is 5.02 Å². The minimum atomic E-state index is -0.480. The number of amides is 1. The van der Waals surface area contributed by atoms with Crippen molar-refractivity contribution in [3.63, 3.8) is 0 Å². The van der Waals surface area contributed by atoms with Crippen molar-refractivity contribution in [1.82, 2.24) is 14.9 Å². The van der Waals surface area contributed by atoms with E-state index in [4.69, 9.17) is 16.3 Å². The van der Waals surface area contributed by atoms with E-state index in [1.54, 1.807) is 17.9 Å². The van der Waals surface area contributed by atoms with Crippen LogP contribution in [0.25, 0.3) is 0 Å². The number of carbonyl (C=O) groups excluding carboxylic acids is 1. The van der Waals surface area contributed by atoms with Crippen LogP contribution in [0.15, 0.2) is 41.6 Å². The number of nitrogens with zero attached hydrogens (tertiary/aromatic N) is 3. The third-order valence-corrected chi connectivity index (χ3v) is 6.54. The smallest absolute Gasteiger partial charge is 0.240 e. The summed E-state index contributed by atoms with van der Waals surface area (Å²) in [6.45, 7) is 5.87. The molecule has 2 aromatic carbocycles. The van der Waals surface area contributed by atoms with E-state index >= 15 is 0 Å². The van der Waals surface area contributed by atoms with Crippen LogP contribution in [0.1, 0.15) is 28.6 Å². The summed E-state index contributed by atoms with van der Waals surface area (Å²) in [5.74, 6) is 1.18. The SMILES string of the molecule is COc1ccc([C@@H]2Nn3c(C)nnc3S[C@H]2C(=O)Nc2ccc(C)cc2C)cc1Cl. The number of ether oxygens (including phenoxy) is 1. The minimum absolute atomic E-state index is 0.122. The molecule has 1 aliphatic rings. The fourth-order valence-corrected chi connectivity index (χ4v) is 4.84. The van der Waals surface area contributed by atoms with E-state index < -0.39 is 5.25 Å². The summed E-state index contributed by atoms with van der Waals surface area (Å²) in [6.07, 6.45) is 0.